The van der Waals surface area contributed by atoms with Crippen molar-refractivity contribution >= 4 is 28.6 Å². The van der Waals surface area contributed by atoms with Gasteiger partial charge in [-0.3, -0.25) is 0 Å². The summed E-state index contributed by atoms with van der Waals surface area (Å²) >= 11 is 0. The lowest BCUT2D eigenvalue weighted by Crippen LogP contribution is -2.47. The number of nitrogens with zero attached hydrogens (tertiary/aromatic N) is 6. The average Bonchev–Trinajstić information content (AvgIpc) is 3.28. The van der Waals surface area contributed by atoms with E-state index in [0.717, 1.165) is 80.8 Å². The van der Waals surface area contributed by atoms with E-state index < -0.39 is 0 Å². The van der Waals surface area contributed by atoms with Gasteiger partial charge in [-0.15, -0.1) is 0 Å². The van der Waals surface area contributed by atoms with E-state index in [1.165, 1.54) is 0 Å². The van der Waals surface area contributed by atoms with Gasteiger partial charge in [-0.1, -0.05) is 0 Å². The summed E-state index contributed by atoms with van der Waals surface area (Å²) in [7, 11) is 2.10. The van der Waals surface area contributed by atoms with Crippen molar-refractivity contribution in [1.29, 1.82) is 0 Å². The zero-order valence-electron chi connectivity index (χ0n) is 16.7. The summed E-state index contributed by atoms with van der Waals surface area (Å²) in [6.45, 7) is 5.13. The van der Waals surface area contributed by atoms with Gasteiger partial charge in [-0.25, -0.2) is 9.97 Å². The number of anilines is 3. The molecule has 0 aliphatic carbocycles. The highest BCUT2D eigenvalue weighted by molar-refractivity contribution is 5.88. The number of likely N-dealkylation sites (N-methyl/N-ethyl adjacent to an activating group) is 1. The average molecular weight is 394 g/mol. The molecule has 5 rings (SSSR count). The number of furan rings is 1. The van der Waals surface area contributed by atoms with Crippen LogP contribution in [0.1, 0.15) is 12.8 Å². The number of aromatic nitrogens is 3. The zero-order valence-corrected chi connectivity index (χ0v) is 16.7. The van der Waals surface area contributed by atoms with Crippen LogP contribution in [0.2, 0.25) is 0 Å². The summed E-state index contributed by atoms with van der Waals surface area (Å²) in [5.74, 6) is 2.75. The summed E-state index contributed by atoms with van der Waals surface area (Å²) in [6.07, 6.45) is 7.63. The van der Waals surface area contributed by atoms with Crippen molar-refractivity contribution < 1.29 is 9.15 Å². The Morgan fingerprint density at radius 2 is 1.90 bits per heavy atom. The minimum Gasteiger partial charge on any atom is -0.464 e. The first-order chi connectivity index (χ1) is 14.3. The number of ether oxygens (including phenoxy) is 1. The minimum absolute atomic E-state index is 0.327. The van der Waals surface area contributed by atoms with Crippen molar-refractivity contribution in [2.24, 2.45) is 0 Å². The van der Waals surface area contributed by atoms with E-state index in [-0.39, 0.29) is 0 Å². The molecule has 152 valence electrons. The Bertz CT molecular complexity index is 970. The van der Waals surface area contributed by atoms with Gasteiger partial charge in [0.05, 0.1) is 24.9 Å². The second kappa shape index (κ2) is 7.87. The topological polar surface area (TPSA) is 70.8 Å². The van der Waals surface area contributed by atoms with E-state index in [0.29, 0.717) is 6.04 Å². The van der Waals surface area contributed by atoms with Crippen molar-refractivity contribution in [3.8, 4) is 0 Å². The SMILES string of the molecule is CN(c1nccc(N2CCOCC2)n1)C1CCCN(c2nccc3occc23)C1. The highest BCUT2D eigenvalue weighted by Crippen LogP contribution is 2.29. The molecular weight excluding hydrogens is 368 g/mol. The largest absolute Gasteiger partial charge is 0.464 e. The van der Waals surface area contributed by atoms with Crippen molar-refractivity contribution in [2.75, 3.05) is 61.1 Å². The lowest BCUT2D eigenvalue weighted by molar-refractivity contribution is 0.122. The number of fused-ring (bicyclic) bond motifs is 1. The van der Waals surface area contributed by atoms with Crippen molar-refractivity contribution in [2.45, 2.75) is 18.9 Å². The lowest BCUT2D eigenvalue weighted by Gasteiger charge is -2.38. The fourth-order valence-corrected chi connectivity index (χ4v) is 4.24. The van der Waals surface area contributed by atoms with E-state index in [2.05, 4.69) is 31.7 Å². The van der Waals surface area contributed by atoms with Gasteiger partial charge >= 0.3 is 0 Å². The number of rotatable bonds is 4. The zero-order chi connectivity index (χ0) is 19.6. The molecule has 0 bridgehead atoms. The number of hydrogen-bond acceptors (Lipinski definition) is 8. The molecule has 0 radical (unpaired) electrons. The molecule has 2 aliphatic heterocycles. The van der Waals surface area contributed by atoms with Crippen LogP contribution in [0.15, 0.2) is 41.3 Å². The summed E-state index contributed by atoms with van der Waals surface area (Å²) in [5.41, 5.74) is 0.882. The highest BCUT2D eigenvalue weighted by Gasteiger charge is 2.27. The lowest BCUT2D eigenvalue weighted by atomic mass is 10.0. The third-order valence-corrected chi connectivity index (χ3v) is 5.88. The Labute approximate surface area is 170 Å². The van der Waals surface area contributed by atoms with E-state index in [1.807, 2.05) is 30.6 Å². The first-order valence-corrected chi connectivity index (χ1v) is 10.3. The van der Waals surface area contributed by atoms with Crippen LogP contribution in [-0.2, 0) is 4.74 Å². The number of pyridine rings is 1. The molecule has 1 atom stereocenters. The third-order valence-electron chi connectivity index (χ3n) is 5.88. The van der Waals surface area contributed by atoms with Crippen LogP contribution >= 0.6 is 0 Å². The second-order valence-electron chi connectivity index (χ2n) is 7.63. The predicted molar refractivity (Wildman–Crippen MR) is 113 cm³/mol. The third kappa shape index (κ3) is 3.60. The molecule has 2 fully saturated rings. The molecule has 0 spiro atoms. The van der Waals surface area contributed by atoms with Gasteiger partial charge in [-0.05, 0) is 31.0 Å². The summed E-state index contributed by atoms with van der Waals surface area (Å²) in [6, 6.07) is 6.23. The number of piperidine rings is 1. The van der Waals surface area contributed by atoms with Crippen LogP contribution < -0.4 is 14.7 Å². The molecule has 8 heteroatoms. The molecule has 29 heavy (non-hydrogen) atoms. The highest BCUT2D eigenvalue weighted by atomic mass is 16.5. The molecule has 2 saturated heterocycles. The van der Waals surface area contributed by atoms with Gasteiger partial charge in [0.15, 0.2) is 0 Å². The Balaban J connectivity index is 1.35. The van der Waals surface area contributed by atoms with Gasteiger partial charge in [0, 0.05) is 51.7 Å². The minimum atomic E-state index is 0.327. The Morgan fingerprint density at radius 1 is 1.03 bits per heavy atom. The molecule has 3 aromatic rings. The first kappa shape index (κ1) is 18.2. The molecule has 0 aromatic carbocycles. The second-order valence-corrected chi connectivity index (χ2v) is 7.63. The number of morpholine rings is 1. The van der Waals surface area contributed by atoms with Gasteiger partial charge in [0.1, 0.15) is 17.2 Å². The van der Waals surface area contributed by atoms with Gasteiger partial charge in [0.25, 0.3) is 0 Å². The van der Waals surface area contributed by atoms with Crippen LogP contribution in [0.4, 0.5) is 17.6 Å². The van der Waals surface area contributed by atoms with Crippen molar-refractivity contribution in [1.82, 2.24) is 15.0 Å². The van der Waals surface area contributed by atoms with E-state index in [1.54, 1.807) is 6.26 Å². The fraction of sp³-hybridized carbons (Fsp3) is 0.476. The number of hydrogen-bond donors (Lipinski definition) is 0. The molecule has 5 heterocycles. The van der Waals surface area contributed by atoms with Crippen LogP contribution in [0.25, 0.3) is 11.0 Å². The van der Waals surface area contributed by atoms with E-state index in [9.17, 15) is 0 Å². The van der Waals surface area contributed by atoms with Crippen LogP contribution in [0.5, 0.6) is 0 Å². The molecule has 2 aliphatic rings. The molecular formula is C21H26N6O2. The maximum absolute atomic E-state index is 5.55. The Hall–Kier alpha value is -2.87. The summed E-state index contributed by atoms with van der Waals surface area (Å²) < 4.78 is 11.0. The molecule has 8 nitrogen and oxygen atoms in total. The smallest absolute Gasteiger partial charge is 0.227 e. The van der Waals surface area contributed by atoms with E-state index >= 15 is 0 Å². The molecule has 0 N–H and O–H groups in total. The molecule has 3 aromatic heterocycles. The Kier molecular flexibility index (Phi) is 4.93. The Morgan fingerprint density at radius 3 is 2.79 bits per heavy atom. The van der Waals surface area contributed by atoms with Crippen LogP contribution in [0.3, 0.4) is 0 Å². The van der Waals surface area contributed by atoms with Gasteiger partial charge in [0.2, 0.25) is 5.95 Å². The van der Waals surface area contributed by atoms with E-state index in [4.69, 9.17) is 14.1 Å². The monoisotopic (exact) mass is 394 g/mol. The van der Waals surface area contributed by atoms with Gasteiger partial charge < -0.3 is 23.9 Å². The maximum atomic E-state index is 5.55. The maximum Gasteiger partial charge on any atom is 0.227 e. The summed E-state index contributed by atoms with van der Waals surface area (Å²) in [5, 5.41) is 1.07. The fourth-order valence-electron chi connectivity index (χ4n) is 4.24. The van der Waals surface area contributed by atoms with Crippen LogP contribution in [-0.4, -0.2) is 67.4 Å². The van der Waals surface area contributed by atoms with Crippen LogP contribution in [0, 0.1) is 0 Å². The molecule has 0 saturated carbocycles. The first-order valence-electron chi connectivity index (χ1n) is 10.3. The normalized spacial score (nSPS) is 20.2. The standard InChI is InChI=1S/C21H26N6O2/c1-25(21-23-8-5-19(24-21)26-10-13-28-14-11-26)16-3-2-9-27(15-16)20-17-6-12-29-18(17)4-7-22-20/h4-8,12,16H,2-3,9-11,13-15H2,1H3. The van der Waals surface area contributed by atoms with Gasteiger partial charge in [-0.2, -0.15) is 4.98 Å². The molecule has 1 unspecified atom stereocenters. The van der Waals surface area contributed by atoms with Crippen molar-refractivity contribution in [3.63, 3.8) is 0 Å². The summed E-state index contributed by atoms with van der Waals surface area (Å²) in [4.78, 5) is 20.9. The van der Waals surface area contributed by atoms with Crippen molar-refractivity contribution in [3.05, 3.63) is 36.9 Å². The molecule has 0 amide bonds. The quantitative estimate of drug-likeness (QED) is 0.669. The predicted octanol–water partition coefficient (Wildman–Crippen LogP) is 2.56.